The molecule has 1 aliphatic heterocycles. The number of fused-ring (bicyclic) bond motifs is 1. The lowest BCUT2D eigenvalue weighted by Crippen LogP contribution is -2.42. The number of ether oxygens (including phenoxy) is 4. The number of amides is 1. The Labute approximate surface area is 187 Å². The van der Waals surface area contributed by atoms with Crippen molar-refractivity contribution in [3.05, 3.63) is 17.8 Å². The zero-order valence-electron chi connectivity index (χ0n) is 19.8. The van der Waals surface area contributed by atoms with E-state index in [9.17, 15) is 9.59 Å². The number of carbonyl (C=O) groups excluding carboxylic acids is 2. The van der Waals surface area contributed by atoms with Gasteiger partial charge < -0.3 is 28.7 Å². The molecule has 1 aromatic carbocycles. The minimum atomic E-state index is -0.559. The van der Waals surface area contributed by atoms with Crippen molar-refractivity contribution in [2.24, 2.45) is 7.05 Å². The third-order valence-corrected chi connectivity index (χ3v) is 5.29. The van der Waals surface area contributed by atoms with Crippen LogP contribution in [0.4, 0.5) is 10.5 Å². The SMILES string of the molecule is COCOc1cc(C(=O)OC)c2nn(C)cc2c1N1CC[C@H](N(C)C(=O)OC(C)(C)C)C1. The highest BCUT2D eigenvalue weighted by molar-refractivity contribution is 6.08. The number of hydrogen-bond acceptors (Lipinski definition) is 8. The maximum atomic E-state index is 12.5. The molecular weight excluding hydrogens is 416 g/mol. The zero-order chi connectivity index (χ0) is 23.6. The first kappa shape index (κ1) is 23.6. The molecule has 1 amide bonds. The molecule has 1 atom stereocenters. The van der Waals surface area contributed by atoms with Gasteiger partial charge in [0.1, 0.15) is 16.9 Å². The Bertz CT molecular complexity index is 996. The molecule has 0 aliphatic carbocycles. The summed E-state index contributed by atoms with van der Waals surface area (Å²) in [6.07, 6.45) is 2.26. The first-order valence-electron chi connectivity index (χ1n) is 10.5. The molecule has 176 valence electrons. The van der Waals surface area contributed by atoms with Gasteiger partial charge >= 0.3 is 12.1 Å². The van der Waals surface area contributed by atoms with Crippen molar-refractivity contribution in [3.63, 3.8) is 0 Å². The number of aryl methyl sites for hydroxylation is 1. The van der Waals surface area contributed by atoms with Gasteiger partial charge in [0, 0.05) is 45.9 Å². The van der Waals surface area contributed by atoms with Gasteiger partial charge in [0.05, 0.1) is 24.4 Å². The van der Waals surface area contributed by atoms with E-state index in [2.05, 4.69) is 10.00 Å². The van der Waals surface area contributed by atoms with Crippen LogP contribution < -0.4 is 9.64 Å². The van der Waals surface area contributed by atoms with Crippen LogP contribution in [0, 0.1) is 0 Å². The van der Waals surface area contributed by atoms with Gasteiger partial charge in [-0.15, -0.1) is 0 Å². The minimum Gasteiger partial charge on any atom is -0.465 e. The van der Waals surface area contributed by atoms with Gasteiger partial charge in [-0.2, -0.15) is 5.10 Å². The van der Waals surface area contributed by atoms with Crippen molar-refractivity contribution in [2.75, 3.05) is 46.0 Å². The summed E-state index contributed by atoms with van der Waals surface area (Å²) >= 11 is 0. The van der Waals surface area contributed by atoms with E-state index in [1.807, 2.05) is 27.0 Å². The normalized spacial score (nSPS) is 16.3. The lowest BCUT2D eigenvalue weighted by molar-refractivity contribution is 0.0237. The number of esters is 1. The molecule has 2 aromatic rings. The van der Waals surface area contributed by atoms with Crippen molar-refractivity contribution < 1.29 is 28.5 Å². The number of nitrogens with zero attached hydrogens (tertiary/aromatic N) is 4. The van der Waals surface area contributed by atoms with E-state index in [1.54, 1.807) is 29.7 Å². The van der Waals surface area contributed by atoms with Crippen molar-refractivity contribution in [1.29, 1.82) is 0 Å². The van der Waals surface area contributed by atoms with Crippen LogP contribution >= 0.6 is 0 Å². The Hall–Kier alpha value is -3.01. The zero-order valence-corrected chi connectivity index (χ0v) is 19.8. The van der Waals surface area contributed by atoms with Gasteiger partial charge in [0.2, 0.25) is 0 Å². The summed E-state index contributed by atoms with van der Waals surface area (Å²) in [7, 11) is 6.41. The van der Waals surface area contributed by atoms with Crippen LogP contribution in [0.2, 0.25) is 0 Å². The van der Waals surface area contributed by atoms with Crippen molar-refractivity contribution >= 4 is 28.7 Å². The molecule has 1 aromatic heterocycles. The number of hydrogen-bond donors (Lipinski definition) is 0. The summed E-state index contributed by atoms with van der Waals surface area (Å²) in [5, 5.41) is 5.24. The van der Waals surface area contributed by atoms with E-state index in [0.717, 1.165) is 17.5 Å². The lowest BCUT2D eigenvalue weighted by atomic mass is 10.1. The third-order valence-electron chi connectivity index (χ3n) is 5.29. The van der Waals surface area contributed by atoms with Gasteiger partial charge in [-0.1, -0.05) is 0 Å². The molecule has 10 nitrogen and oxygen atoms in total. The molecule has 0 saturated carbocycles. The molecular formula is C22H32N4O6. The van der Waals surface area contributed by atoms with E-state index in [4.69, 9.17) is 18.9 Å². The Morgan fingerprint density at radius 1 is 1.28 bits per heavy atom. The van der Waals surface area contributed by atoms with Gasteiger partial charge in [-0.05, 0) is 33.3 Å². The Kier molecular flexibility index (Phi) is 6.82. The lowest BCUT2D eigenvalue weighted by Gasteiger charge is -2.29. The van der Waals surface area contributed by atoms with Crippen molar-refractivity contribution in [2.45, 2.75) is 38.8 Å². The summed E-state index contributed by atoms with van der Waals surface area (Å²) in [5.41, 5.74) is 1.09. The number of rotatable bonds is 6. The summed E-state index contributed by atoms with van der Waals surface area (Å²) in [6.45, 7) is 6.85. The largest absolute Gasteiger partial charge is 0.465 e. The highest BCUT2D eigenvalue weighted by Crippen LogP contribution is 2.40. The van der Waals surface area contributed by atoms with Crippen LogP contribution in [-0.2, 0) is 21.3 Å². The van der Waals surface area contributed by atoms with Crippen LogP contribution in [0.15, 0.2) is 12.3 Å². The van der Waals surface area contributed by atoms with Crippen molar-refractivity contribution in [1.82, 2.24) is 14.7 Å². The Morgan fingerprint density at radius 2 is 2.00 bits per heavy atom. The number of aromatic nitrogens is 2. The third kappa shape index (κ3) is 4.90. The first-order valence-corrected chi connectivity index (χ1v) is 10.5. The van der Waals surface area contributed by atoms with E-state index >= 15 is 0 Å². The summed E-state index contributed by atoms with van der Waals surface area (Å²) < 4.78 is 23.1. The fraction of sp³-hybridized carbons (Fsp3) is 0.591. The van der Waals surface area contributed by atoms with Gasteiger partial charge in [-0.3, -0.25) is 4.68 Å². The van der Waals surface area contributed by atoms with Crippen LogP contribution in [0.5, 0.6) is 5.75 Å². The quantitative estimate of drug-likeness (QED) is 0.492. The molecule has 0 spiro atoms. The van der Waals surface area contributed by atoms with Gasteiger partial charge in [0.15, 0.2) is 6.79 Å². The maximum Gasteiger partial charge on any atom is 0.410 e. The van der Waals surface area contributed by atoms with E-state index < -0.39 is 11.6 Å². The maximum absolute atomic E-state index is 12.5. The van der Waals surface area contributed by atoms with Crippen LogP contribution in [0.1, 0.15) is 37.6 Å². The highest BCUT2D eigenvalue weighted by atomic mass is 16.7. The highest BCUT2D eigenvalue weighted by Gasteiger charge is 2.34. The molecule has 32 heavy (non-hydrogen) atoms. The first-order chi connectivity index (χ1) is 15.1. The molecule has 0 unspecified atom stereocenters. The molecule has 1 saturated heterocycles. The number of methoxy groups -OCH3 is 2. The molecule has 1 fully saturated rings. The monoisotopic (exact) mass is 448 g/mol. The standard InChI is InChI=1S/C22H32N4O6/c1-22(2,3)32-21(28)25(5)14-8-9-26(11-14)19-16-12-24(4)23-18(16)15(20(27)30-7)10-17(19)31-13-29-6/h10,12,14H,8-9,11,13H2,1-7H3/t14-/m0/s1. The average molecular weight is 449 g/mol. The second kappa shape index (κ2) is 9.23. The smallest absolute Gasteiger partial charge is 0.410 e. The van der Waals surface area contributed by atoms with Crippen LogP contribution in [0.3, 0.4) is 0 Å². The molecule has 10 heteroatoms. The molecule has 1 aliphatic rings. The molecule has 2 heterocycles. The van der Waals surface area contributed by atoms with Gasteiger partial charge in [-0.25, -0.2) is 9.59 Å². The molecule has 0 radical (unpaired) electrons. The average Bonchev–Trinajstić information content (AvgIpc) is 3.35. The summed E-state index contributed by atoms with van der Waals surface area (Å²) in [6, 6.07) is 1.60. The van der Waals surface area contributed by atoms with E-state index in [0.29, 0.717) is 29.9 Å². The predicted molar refractivity (Wildman–Crippen MR) is 119 cm³/mol. The Morgan fingerprint density at radius 3 is 2.62 bits per heavy atom. The minimum absolute atomic E-state index is 0.0223. The second-order valence-corrected chi connectivity index (χ2v) is 8.86. The van der Waals surface area contributed by atoms with E-state index in [1.165, 1.54) is 14.2 Å². The molecule has 0 N–H and O–H groups in total. The fourth-order valence-electron chi connectivity index (χ4n) is 3.83. The fourth-order valence-corrected chi connectivity index (χ4v) is 3.83. The molecule has 0 bridgehead atoms. The van der Waals surface area contributed by atoms with E-state index in [-0.39, 0.29) is 18.9 Å². The summed E-state index contributed by atoms with van der Waals surface area (Å²) in [4.78, 5) is 28.7. The number of likely N-dealkylation sites (N-methyl/N-ethyl adjacent to an activating group) is 1. The second-order valence-electron chi connectivity index (χ2n) is 8.86. The van der Waals surface area contributed by atoms with Crippen LogP contribution in [-0.4, -0.2) is 79.5 Å². The number of benzene rings is 1. The summed E-state index contributed by atoms with van der Waals surface area (Å²) in [5.74, 6) is -0.000189. The predicted octanol–water partition coefficient (Wildman–Crippen LogP) is 2.79. The van der Waals surface area contributed by atoms with Gasteiger partial charge in [0.25, 0.3) is 0 Å². The number of carbonyl (C=O) groups is 2. The topological polar surface area (TPSA) is 95.4 Å². The van der Waals surface area contributed by atoms with Crippen molar-refractivity contribution in [3.8, 4) is 5.75 Å². The molecule has 3 rings (SSSR count). The Balaban J connectivity index is 1.97. The number of anilines is 1. The van der Waals surface area contributed by atoms with Crippen LogP contribution in [0.25, 0.3) is 10.9 Å².